The summed E-state index contributed by atoms with van der Waals surface area (Å²) in [5, 5.41) is 40.6. The number of allylic oxidation sites excluding steroid dienone is 1. The first-order valence-electron chi connectivity index (χ1n) is 10.9. The average Bonchev–Trinajstić information content (AvgIpc) is 2.72. The van der Waals surface area contributed by atoms with Gasteiger partial charge >= 0.3 is 0 Å². The Morgan fingerprint density at radius 2 is 1.69 bits per heavy atom. The van der Waals surface area contributed by atoms with Crippen LogP contribution in [0.3, 0.4) is 0 Å². The van der Waals surface area contributed by atoms with Crippen molar-refractivity contribution in [2.24, 2.45) is 5.73 Å². The number of hydrogen-bond acceptors (Lipinski definition) is 9. The summed E-state index contributed by atoms with van der Waals surface area (Å²) in [4.78, 5) is 0. The Hall–Kier alpha value is -0.620. The van der Waals surface area contributed by atoms with E-state index in [0.29, 0.717) is 18.7 Å². The first kappa shape index (κ1) is 26.4. The number of rotatable bonds is 16. The lowest BCUT2D eigenvalue weighted by Gasteiger charge is -2.40. The number of aliphatic hydroxyl groups is 3. The molecule has 0 aromatic carbocycles. The number of aliphatic hydroxyl groups excluding tert-OH is 3. The highest BCUT2D eigenvalue weighted by atomic mass is 16.7. The van der Waals surface area contributed by atoms with E-state index < -0.39 is 30.8 Å². The summed E-state index contributed by atoms with van der Waals surface area (Å²) in [6.45, 7) is 9.02. The van der Waals surface area contributed by atoms with Gasteiger partial charge in [0, 0.05) is 6.61 Å². The minimum Gasteiger partial charge on any atom is -0.386 e. The number of nitrogens with one attached hydrogen (secondary N) is 3. The van der Waals surface area contributed by atoms with Gasteiger partial charge in [0.1, 0.15) is 24.5 Å². The van der Waals surface area contributed by atoms with Crippen molar-refractivity contribution in [3.05, 3.63) is 11.6 Å². The molecule has 0 aromatic rings. The quantitative estimate of drug-likeness (QED) is 0.0957. The Labute approximate surface area is 175 Å². The van der Waals surface area contributed by atoms with E-state index in [9.17, 15) is 15.3 Å². The second kappa shape index (κ2) is 16.1. The SMILES string of the molecule is C/C=C1/C(O)C(O)C(OCC)OC1C(O)NCCCNCCCCNCCCN. The van der Waals surface area contributed by atoms with Crippen molar-refractivity contribution in [3.63, 3.8) is 0 Å². The minimum atomic E-state index is -1.18. The predicted molar refractivity (Wildman–Crippen MR) is 113 cm³/mol. The molecule has 0 spiro atoms. The lowest BCUT2D eigenvalue weighted by Crippen LogP contribution is -2.57. The number of ether oxygens (including phenoxy) is 2. The summed E-state index contributed by atoms with van der Waals surface area (Å²) in [5.41, 5.74) is 5.90. The summed E-state index contributed by atoms with van der Waals surface area (Å²) in [7, 11) is 0. The van der Waals surface area contributed by atoms with Gasteiger partial charge in [0.05, 0.1) is 0 Å². The molecule has 1 rings (SSSR count). The molecule has 29 heavy (non-hydrogen) atoms. The van der Waals surface area contributed by atoms with Crippen molar-refractivity contribution in [1.29, 1.82) is 0 Å². The molecule has 5 atom stereocenters. The Morgan fingerprint density at radius 1 is 1.07 bits per heavy atom. The van der Waals surface area contributed by atoms with Crippen LogP contribution in [0.25, 0.3) is 0 Å². The second-order valence-electron chi connectivity index (χ2n) is 7.21. The third-order valence-electron chi connectivity index (χ3n) is 4.90. The van der Waals surface area contributed by atoms with Crippen LogP contribution in [0.15, 0.2) is 11.6 Å². The molecule has 0 saturated carbocycles. The van der Waals surface area contributed by atoms with Gasteiger partial charge in [-0.1, -0.05) is 6.08 Å². The lowest BCUT2D eigenvalue weighted by molar-refractivity contribution is -0.260. The average molecular weight is 419 g/mol. The first-order chi connectivity index (χ1) is 14.1. The van der Waals surface area contributed by atoms with Gasteiger partial charge in [-0.15, -0.1) is 0 Å². The van der Waals surface area contributed by atoms with E-state index in [-0.39, 0.29) is 0 Å². The lowest BCUT2D eigenvalue weighted by atomic mass is 9.94. The van der Waals surface area contributed by atoms with Gasteiger partial charge in [0.25, 0.3) is 0 Å². The van der Waals surface area contributed by atoms with Crippen molar-refractivity contribution < 1.29 is 24.8 Å². The minimum absolute atomic E-state index is 0.339. The Bertz CT molecular complexity index is 441. The molecule has 1 aliphatic heterocycles. The summed E-state index contributed by atoms with van der Waals surface area (Å²) in [6, 6.07) is 0. The molecule has 0 radical (unpaired) electrons. The van der Waals surface area contributed by atoms with Crippen LogP contribution in [0, 0.1) is 0 Å². The number of unbranched alkanes of at least 4 members (excludes halogenated alkanes) is 1. The zero-order valence-corrected chi connectivity index (χ0v) is 18.0. The first-order valence-corrected chi connectivity index (χ1v) is 10.9. The van der Waals surface area contributed by atoms with Crippen LogP contribution < -0.4 is 21.7 Å². The topological polar surface area (TPSA) is 141 Å². The van der Waals surface area contributed by atoms with E-state index in [2.05, 4.69) is 16.0 Å². The van der Waals surface area contributed by atoms with Gasteiger partial charge in [-0.25, -0.2) is 0 Å². The number of hydrogen-bond donors (Lipinski definition) is 7. The number of nitrogens with two attached hydrogens (primary N) is 1. The maximum Gasteiger partial charge on any atom is 0.187 e. The van der Waals surface area contributed by atoms with Gasteiger partial charge in [-0.2, -0.15) is 0 Å². The van der Waals surface area contributed by atoms with Crippen LogP contribution in [0.2, 0.25) is 0 Å². The largest absolute Gasteiger partial charge is 0.386 e. The van der Waals surface area contributed by atoms with Gasteiger partial charge in [0.15, 0.2) is 6.29 Å². The molecule has 1 aliphatic rings. The van der Waals surface area contributed by atoms with Crippen LogP contribution in [0.4, 0.5) is 0 Å². The molecule has 172 valence electrons. The summed E-state index contributed by atoms with van der Waals surface area (Å²) < 4.78 is 11.0. The van der Waals surface area contributed by atoms with Crippen molar-refractivity contribution >= 4 is 0 Å². The van der Waals surface area contributed by atoms with Crippen LogP contribution >= 0.6 is 0 Å². The van der Waals surface area contributed by atoms with Crippen LogP contribution in [-0.2, 0) is 9.47 Å². The molecule has 5 unspecified atom stereocenters. The van der Waals surface area contributed by atoms with Gasteiger partial charge < -0.3 is 41.2 Å². The van der Waals surface area contributed by atoms with E-state index in [4.69, 9.17) is 15.2 Å². The third kappa shape index (κ3) is 9.82. The smallest absolute Gasteiger partial charge is 0.187 e. The Morgan fingerprint density at radius 3 is 2.28 bits per heavy atom. The fraction of sp³-hybridized carbons (Fsp3) is 0.900. The van der Waals surface area contributed by atoms with Crippen molar-refractivity contribution in [2.75, 3.05) is 45.9 Å². The van der Waals surface area contributed by atoms with Gasteiger partial charge in [-0.3, -0.25) is 5.32 Å². The maximum atomic E-state index is 10.5. The highest BCUT2D eigenvalue weighted by Crippen LogP contribution is 2.27. The standard InChI is InChI=1S/C20H42N4O5/c1-3-15-16(25)17(26)20(28-4-2)29-18(15)19(27)24-14-8-13-23-11-6-5-10-22-12-7-9-21/h3,16-20,22-27H,4-14,21H2,1-2H3/b15-3-. The molecule has 0 bridgehead atoms. The van der Waals surface area contributed by atoms with E-state index >= 15 is 0 Å². The van der Waals surface area contributed by atoms with E-state index in [0.717, 1.165) is 58.4 Å². The van der Waals surface area contributed by atoms with Crippen molar-refractivity contribution in [2.45, 2.75) is 70.4 Å². The van der Waals surface area contributed by atoms with E-state index in [1.54, 1.807) is 19.9 Å². The highest BCUT2D eigenvalue weighted by molar-refractivity contribution is 5.19. The van der Waals surface area contributed by atoms with E-state index in [1.807, 2.05) is 0 Å². The molecular formula is C20H42N4O5. The van der Waals surface area contributed by atoms with Crippen LogP contribution in [0.5, 0.6) is 0 Å². The third-order valence-corrected chi connectivity index (χ3v) is 4.90. The maximum absolute atomic E-state index is 10.5. The second-order valence-corrected chi connectivity index (χ2v) is 7.21. The van der Waals surface area contributed by atoms with Gasteiger partial charge in [0.2, 0.25) is 0 Å². The molecular weight excluding hydrogens is 376 g/mol. The highest BCUT2D eigenvalue weighted by Gasteiger charge is 2.43. The van der Waals surface area contributed by atoms with Gasteiger partial charge in [-0.05, 0) is 84.4 Å². The molecule has 0 aromatic heterocycles. The molecule has 8 N–H and O–H groups in total. The molecule has 1 heterocycles. The van der Waals surface area contributed by atoms with E-state index in [1.165, 1.54) is 0 Å². The van der Waals surface area contributed by atoms with Crippen molar-refractivity contribution in [1.82, 2.24) is 16.0 Å². The Balaban J connectivity index is 2.19. The van der Waals surface area contributed by atoms with Crippen LogP contribution in [-0.4, -0.2) is 92.0 Å². The van der Waals surface area contributed by atoms with Crippen molar-refractivity contribution in [3.8, 4) is 0 Å². The Kier molecular flexibility index (Phi) is 14.7. The molecule has 9 heteroatoms. The zero-order chi connectivity index (χ0) is 21.5. The summed E-state index contributed by atoms with van der Waals surface area (Å²) in [5.74, 6) is 0. The molecule has 0 amide bonds. The molecule has 0 aliphatic carbocycles. The van der Waals surface area contributed by atoms with Crippen LogP contribution in [0.1, 0.15) is 39.5 Å². The summed E-state index contributed by atoms with van der Waals surface area (Å²) >= 11 is 0. The normalized spacial score (nSPS) is 27.4. The predicted octanol–water partition coefficient (Wildman–Crippen LogP) is -0.978. The fourth-order valence-electron chi connectivity index (χ4n) is 3.26. The fourth-order valence-corrected chi connectivity index (χ4v) is 3.26. The monoisotopic (exact) mass is 418 g/mol. The summed E-state index contributed by atoms with van der Waals surface area (Å²) in [6.07, 6.45) is 0.752. The molecule has 1 saturated heterocycles. The molecule has 9 nitrogen and oxygen atoms in total. The zero-order valence-electron chi connectivity index (χ0n) is 18.0. The molecule has 1 fully saturated rings.